The Hall–Kier alpha value is -2.96. The Labute approximate surface area is 158 Å². The largest absolute Gasteiger partial charge is 0.362 e. The Morgan fingerprint density at radius 3 is 2.81 bits per heavy atom. The van der Waals surface area contributed by atoms with Crippen LogP contribution in [0.25, 0.3) is 11.0 Å². The quantitative estimate of drug-likeness (QED) is 0.768. The van der Waals surface area contributed by atoms with Crippen LogP contribution in [0.3, 0.4) is 0 Å². The first-order valence-electron chi connectivity index (χ1n) is 9.26. The molecule has 0 aliphatic carbocycles. The number of rotatable bonds is 4. The van der Waals surface area contributed by atoms with Gasteiger partial charge in [-0.05, 0) is 25.5 Å². The molecule has 1 amide bonds. The minimum Gasteiger partial charge on any atom is -0.362 e. The van der Waals surface area contributed by atoms with Gasteiger partial charge in [-0.1, -0.05) is 12.1 Å². The average molecular weight is 364 g/mol. The molecule has 0 unspecified atom stereocenters. The lowest BCUT2D eigenvalue weighted by atomic mass is 10.0. The number of nitrogens with one attached hydrogen (secondary N) is 1. The van der Waals surface area contributed by atoms with Crippen LogP contribution in [-0.2, 0) is 24.2 Å². The Morgan fingerprint density at radius 2 is 2.04 bits per heavy atom. The number of amides is 1. The van der Waals surface area contributed by atoms with Crippen LogP contribution in [0.2, 0.25) is 0 Å². The van der Waals surface area contributed by atoms with E-state index in [1.807, 2.05) is 55.1 Å². The minimum atomic E-state index is 0.142. The fraction of sp³-hybridized carbons (Fsp3) is 0.400. The van der Waals surface area contributed by atoms with Crippen molar-refractivity contribution in [2.45, 2.75) is 32.7 Å². The topological polar surface area (TPSA) is 78.0 Å². The third-order valence-corrected chi connectivity index (χ3v) is 4.95. The molecule has 0 atom stereocenters. The highest BCUT2D eigenvalue weighted by molar-refractivity contribution is 5.77. The van der Waals surface area contributed by atoms with E-state index in [-0.39, 0.29) is 5.91 Å². The first-order chi connectivity index (χ1) is 13.0. The number of hydrogen-bond acceptors (Lipinski definition) is 5. The van der Waals surface area contributed by atoms with E-state index in [4.69, 9.17) is 0 Å². The van der Waals surface area contributed by atoms with Gasteiger partial charge in [-0.2, -0.15) is 0 Å². The van der Waals surface area contributed by atoms with Gasteiger partial charge in [0.15, 0.2) is 0 Å². The van der Waals surface area contributed by atoms with E-state index in [1.165, 1.54) is 0 Å². The molecule has 140 valence electrons. The van der Waals surface area contributed by atoms with Crippen LogP contribution >= 0.6 is 0 Å². The summed E-state index contributed by atoms with van der Waals surface area (Å²) in [6.45, 7) is 3.16. The Kier molecular flexibility index (Phi) is 4.51. The number of H-pyrrole nitrogens is 1. The lowest BCUT2D eigenvalue weighted by Gasteiger charge is -2.30. The second kappa shape index (κ2) is 6.98. The van der Waals surface area contributed by atoms with Crippen molar-refractivity contribution < 1.29 is 4.79 Å². The molecule has 1 aromatic carbocycles. The fourth-order valence-electron chi connectivity index (χ4n) is 3.62. The molecule has 1 N–H and O–H groups in total. The number of aromatic nitrogens is 4. The van der Waals surface area contributed by atoms with E-state index < -0.39 is 0 Å². The van der Waals surface area contributed by atoms with E-state index in [2.05, 4.69) is 19.9 Å². The summed E-state index contributed by atoms with van der Waals surface area (Å²) in [5.74, 6) is 2.71. The van der Waals surface area contributed by atoms with Crippen molar-refractivity contribution in [1.82, 2.24) is 24.8 Å². The number of imidazole rings is 1. The average Bonchev–Trinajstić information content (AvgIpc) is 3.07. The molecule has 3 aromatic rings. The normalized spacial score (nSPS) is 13.7. The predicted molar refractivity (Wildman–Crippen MR) is 105 cm³/mol. The summed E-state index contributed by atoms with van der Waals surface area (Å²) in [7, 11) is 3.99. The molecule has 0 spiro atoms. The van der Waals surface area contributed by atoms with Gasteiger partial charge >= 0.3 is 0 Å². The Bertz CT molecular complexity index is 960. The summed E-state index contributed by atoms with van der Waals surface area (Å²) in [4.78, 5) is 33.6. The van der Waals surface area contributed by atoms with Crippen molar-refractivity contribution in [2.75, 3.05) is 25.5 Å². The van der Waals surface area contributed by atoms with Crippen molar-refractivity contribution in [3.8, 4) is 0 Å². The monoisotopic (exact) mass is 364 g/mol. The lowest BCUT2D eigenvalue weighted by molar-refractivity contribution is -0.132. The minimum absolute atomic E-state index is 0.142. The van der Waals surface area contributed by atoms with E-state index in [9.17, 15) is 4.79 Å². The molecule has 1 aliphatic heterocycles. The summed E-state index contributed by atoms with van der Waals surface area (Å²) in [5, 5.41) is 0. The van der Waals surface area contributed by atoms with Gasteiger partial charge in [-0.25, -0.2) is 15.0 Å². The van der Waals surface area contributed by atoms with E-state index in [0.29, 0.717) is 25.9 Å². The molecule has 27 heavy (non-hydrogen) atoms. The van der Waals surface area contributed by atoms with Crippen LogP contribution in [-0.4, -0.2) is 51.4 Å². The molecule has 0 bridgehead atoms. The zero-order valence-electron chi connectivity index (χ0n) is 16.0. The van der Waals surface area contributed by atoms with Crippen LogP contribution < -0.4 is 4.90 Å². The van der Waals surface area contributed by atoms with Crippen molar-refractivity contribution in [3.05, 3.63) is 47.2 Å². The number of carbonyl (C=O) groups is 1. The molecule has 0 radical (unpaired) electrons. The maximum atomic E-state index is 12.7. The zero-order chi connectivity index (χ0) is 19.0. The summed E-state index contributed by atoms with van der Waals surface area (Å²) >= 11 is 0. The number of nitrogens with zero attached hydrogens (tertiary/aromatic N) is 5. The number of aryl methyl sites for hydroxylation is 2. The van der Waals surface area contributed by atoms with Gasteiger partial charge in [0.1, 0.15) is 17.5 Å². The molecule has 4 rings (SSSR count). The molecule has 7 heteroatoms. The number of hydrogen-bond donors (Lipinski definition) is 1. The molecule has 3 heterocycles. The number of benzene rings is 1. The van der Waals surface area contributed by atoms with Gasteiger partial charge in [0.05, 0.1) is 23.3 Å². The van der Waals surface area contributed by atoms with Crippen LogP contribution in [0.15, 0.2) is 24.3 Å². The fourth-order valence-corrected chi connectivity index (χ4v) is 3.62. The molecule has 0 saturated heterocycles. The van der Waals surface area contributed by atoms with Gasteiger partial charge in [-0.3, -0.25) is 4.79 Å². The first kappa shape index (κ1) is 17.5. The summed E-state index contributed by atoms with van der Waals surface area (Å²) in [5.41, 5.74) is 4.08. The third kappa shape index (κ3) is 3.49. The SMILES string of the molecule is Cc1nc2c(c(N(C)C)n1)CCN(C(=O)CCc1nc3ccccc3[nH]1)C2. The predicted octanol–water partition coefficient (Wildman–Crippen LogP) is 2.24. The first-order valence-corrected chi connectivity index (χ1v) is 9.26. The Balaban J connectivity index is 1.45. The maximum absolute atomic E-state index is 12.7. The molecule has 0 fully saturated rings. The molecule has 1 aliphatic rings. The molecular formula is C20H24N6O. The van der Waals surface area contributed by atoms with Gasteiger partial charge in [0.25, 0.3) is 0 Å². The number of para-hydroxylation sites is 2. The highest BCUT2D eigenvalue weighted by Crippen LogP contribution is 2.25. The lowest BCUT2D eigenvalue weighted by Crippen LogP contribution is -2.37. The second-order valence-corrected chi connectivity index (χ2v) is 7.18. The van der Waals surface area contributed by atoms with E-state index in [1.54, 1.807) is 0 Å². The van der Waals surface area contributed by atoms with Crippen LogP contribution in [0, 0.1) is 6.92 Å². The molecule has 2 aromatic heterocycles. The van der Waals surface area contributed by atoms with Gasteiger partial charge in [0.2, 0.25) is 5.91 Å². The molecular weight excluding hydrogens is 340 g/mol. The number of fused-ring (bicyclic) bond motifs is 2. The third-order valence-electron chi connectivity index (χ3n) is 4.95. The smallest absolute Gasteiger partial charge is 0.223 e. The number of aromatic amines is 1. The van der Waals surface area contributed by atoms with Crippen molar-refractivity contribution in [1.29, 1.82) is 0 Å². The summed E-state index contributed by atoms with van der Waals surface area (Å²) in [6, 6.07) is 7.92. The molecule has 0 saturated carbocycles. The number of anilines is 1. The van der Waals surface area contributed by atoms with Gasteiger partial charge in [-0.15, -0.1) is 0 Å². The van der Waals surface area contributed by atoms with Crippen molar-refractivity contribution >= 4 is 22.8 Å². The van der Waals surface area contributed by atoms with Crippen LogP contribution in [0.1, 0.15) is 29.3 Å². The Morgan fingerprint density at radius 1 is 1.22 bits per heavy atom. The number of carbonyl (C=O) groups excluding carboxylic acids is 1. The summed E-state index contributed by atoms with van der Waals surface area (Å²) in [6.07, 6.45) is 1.85. The van der Waals surface area contributed by atoms with Crippen molar-refractivity contribution in [2.24, 2.45) is 0 Å². The highest BCUT2D eigenvalue weighted by atomic mass is 16.2. The maximum Gasteiger partial charge on any atom is 0.223 e. The van der Waals surface area contributed by atoms with Gasteiger partial charge < -0.3 is 14.8 Å². The molecule has 7 nitrogen and oxygen atoms in total. The highest BCUT2D eigenvalue weighted by Gasteiger charge is 2.25. The van der Waals surface area contributed by atoms with E-state index in [0.717, 1.165) is 46.2 Å². The van der Waals surface area contributed by atoms with Crippen LogP contribution in [0.4, 0.5) is 5.82 Å². The zero-order valence-corrected chi connectivity index (χ0v) is 16.0. The summed E-state index contributed by atoms with van der Waals surface area (Å²) < 4.78 is 0. The van der Waals surface area contributed by atoms with Crippen LogP contribution in [0.5, 0.6) is 0 Å². The van der Waals surface area contributed by atoms with Gasteiger partial charge in [0, 0.05) is 39.0 Å². The van der Waals surface area contributed by atoms with E-state index >= 15 is 0 Å². The van der Waals surface area contributed by atoms with Crippen molar-refractivity contribution in [3.63, 3.8) is 0 Å². The second-order valence-electron chi connectivity index (χ2n) is 7.18. The standard InChI is InChI=1S/C20H24N6O/c1-13-21-17-12-26(11-10-14(17)20(22-13)25(2)3)19(27)9-8-18-23-15-6-4-5-7-16(15)24-18/h4-7H,8-12H2,1-3H3,(H,23,24).